The average molecular weight is 620 g/mol. The number of nitrogens with zero attached hydrogens (tertiary/aromatic N) is 2. The first-order chi connectivity index (χ1) is 21.5. The zero-order chi connectivity index (χ0) is 32.1. The van der Waals surface area contributed by atoms with Gasteiger partial charge in [-0.2, -0.15) is 13.2 Å². The standard InChI is InChI=1S/C34H32F3N3O5/c1-22(41)15-17-28(31(42)38-20-24-11-8-14-26(19-24)34(35,36)37)39-27(18-16-23-9-4-2-5-10-23)30(32(39)43)40-29(21-45-33(40)44)25-12-6-3-7-13-25/h2-14,16,18-19,27-30H,15,17,20-21H2,1H3,(H,38,42)/b18-16+. The Kier molecular flexibility index (Phi) is 9.36. The highest BCUT2D eigenvalue weighted by Gasteiger charge is 2.57. The second-order valence-electron chi connectivity index (χ2n) is 11.0. The van der Waals surface area contributed by atoms with Crippen LogP contribution in [0.5, 0.6) is 0 Å². The minimum Gasteiger partial charge on any atom is -0.447 e. The van der Waals surface area contributed by atoms with Crippen LogP contribution in [0.1, 0.15) is 48.1 Å². The van der Waals surface area contributed by atoms with Crippen molar-refractivity contribution in [1.82, 2.24) is 15.1 Å². The van der Waals surface area contributed by atoms with Gasteiger partial charge in [0, 0.05) is 13.0 Å². The molecule has 5 rings (SSSR count). The second kappa shape index (κ2) is 13.4. The Morgan fingerprint density at radius 2 is 1.69 bits per heavy atom. The molecule has 0 bridgehead atoms. The van der Waals surface area contributed by atoms with E-state index >= 15 is 0 Å². The van der Waals surface area contributed by atoms with Crippen molar-refractivity contribution in [3.05, 3.63) is 113 Å². The van der Waals surface area contributed by atoms with Crippen LogP contribution in [0.4, 0.5) is 18.0 Å². The Labute approximate surface area is 258 Å². The number of carbonyl (C=O) groups is 4. The maximum atomic E-state index is 14.0. The highest BCUT2D eigenvalue weighted by Crippen LogP contribution is 2.39. The molecule has 0 spiro atoms. The number of cyclic esters (lactones) is 1. The summed E-state index contributed by atoms with van der Waals surface area (Å²) in [4.78, 5) is 55.4. The molecule has 0 radical (unpaired) electrons. The number of ketones is 1. The third-order valence-electron chi connectivity index (χ3n) is 7.96. The smallest absolute Gasteiger partial charge is 0.416 e. The molecule has 3 aromatic rings. The Morgan fingerprint density at radius 3 is 2.36 bits per heavy atom. The molecular formula is C34H32F3N3O5. The van der Waals surface area contributed by atoms with Gasteiger partial charge in [-0.05, 0) is 42.2 Å². The van der Waals surface area contributed by atoms with Crippen molar-refractivity contribution in [3.63, 3.8) is 0 Å². The highest BCUT2D eigenvalue weighted by atomic mass is 19.4. The Hall–Kier alpha value is -4.93. The first-order valence-electron chi connectivity index (χ1n) is 14.5. The third kappa shape index (κ3) is 7.08. The van der Waals surface area contributed by atoms with Gasteiger partial charge in [0.15, 0.2) is 0 Å². The normalized spacial score (nSPS) is 20.6. The molecule has 2 heterocycles. The lowest BCUT2D eigenvalue weighted by atomic mass is 9.87. The number of nitrogens with one attached hydrogen (secondary N) is 1. The first kappa shape index (κ1) is 31.5. The van der Waals surface area contributed by atoms with Crippen LogP contribution in [0, 0.1) is 0 Å². The molecule has 234 valence electrons. The fourth-order valence-corrected chi connectivity index (χ4v) is 5.71. The van der Waals surface area contributed by atoms with E-state index in [2.05, 4.69) is 5.32 Å². The maximum Gasteiger partial charge on any atom is 0.416 e. The van der Waals surface area contributed by atoms with Gasteiger partial charge in [0.05, 0.1) is 17.6 Å². The molecule has 1 N–H and O–H groups in total. The van der Waals surface area contributed by atoms with Gasteiger partial charge in [-0.3, -0.25) is 14.5 Å². The summed E-state index contributed by atoms with van der Waals surface area (Å²) in [5, 5.41) is 2.65. The molecule has 45 heavy (non-hydrogen) atoms. The van der Waals surface area contributed by atoms with E-state index in [1.54, 1.807) is 12.2 Å². The van der Waals surface area contributed by atoms with Crippen molar-refractivity contribution >= 4 is 29.8 Å². The van der Waals surface area contributed by atoms with Crippen molar-refractivity contribution in [2.75, 3.05) is 6.61 Å². The SMILES string of the molecule is CC(=O)CCC(C(=O)NCc1cccc(C(F)(F)F)c1)N1C(=O)C(N2C(=O)OCC2c2ccccc2)C1/C=C/c1ccccc1. The molecule has 2 saturated heterocycles. The van der Waals surface area contributed by atoms with Gasteiger partial charge in [-0.25, -0.2) is 4.79 Å². The zero-order valence-electron chi connectivity index (χ0n) is 24.4. The molecule has 0 aromatic heterocycles. The number of likely N-dealkylation sites (tertiary alicyclic amines) is 1. The lowest BCUT2D eigenvalue weighted by molar-refractivity contribution is -0.163. The van der Waals surface area contributed by atoms with Gasteiger partial charge in [-0.15, -0.1) is 0 Å². The van der Waals surface area contributed by atoms with Gasteiger partial charge < -0.3 is 19.7 Å². The van der Waals surface area contributed by atoms with Crippen LogP contribution in [0.25, 0.3) is 6.08 Å². The second-order valence-corrected chi connectivity index (χ2v) is 11.0. The van der Waals surface area contributed by atoms with Crippen molar-refractivity contribution in [2.24, 2.45) is 0 Å². The number of amides is 3. The molecule has 0 saturated carbocycles. The molecule has 2 aliphatic heterocycles. The van der Waals surface area contributed by atoms with Crippen LogP contribution >= 0.6 is 0 Å². The summed E-state index contributed by atoms with van der Waals surface area (Å²) in [6, 6.07) is 19.6. The Bertz CT molecular complexity index is 1580. The summed E-state index contributed by atoms with van der Waals surface area (Å²) in [7, 11) is 0. The van der Waals surface area contributed by atoms with Gasteiger partial charge in [-0.1, -0.05) is 84.9 Å². The Morgan fingerprint density at radius 1 is 1.00 bits per heavy atom. The third-order valence-corrected chi connectivity index (χ3v) is 7.96. The fraction of sp³-hybridized carbons (Fsp3) is 0.294. The number of carbonyl (C=O) groups excluding carboxylic acids is 4. The van der Waals surface area contributed by atoms with Crippen LogP contribution < -0.4 is 5.32 Å². The minimum absolute atomic E-state index is 0.00947. The molecule has 3 aromatic carbocycles. The van der Waals surface area contributed by atoms with Crippen LogP contribution in [0.3, 0.4) is 0 Å². The molecule has 8 nitrogen and oxygen atoms in total. The van der Waals surface area contributed by atoms with Crippen molar-refractivity contribution in [1.29, 1.82) is 0 Å². The van der Waals surface area contributed by atoms with Crippen molar-refractivity contribution in [3.8, 4) is 0 Å². The number of β-lactam (4-membered cyclic amide) rings is 1. The van der Waals surface area contributed by atoms with Gasteiger partial charge >= 0.3 is 12.3 Å². The first-order valence-corrected chi connectivity index (χ1v) is 14.5. The molecule has 0 aliphatic carbocycles. The number of hydrogen-bond acceptors (Lipinski definition) is 5. The summed E-state index contributed by atoms with van der Waals surface area (Å²) in [6.07, 6.45) is -1.69. The van der Waals surface area contributed by atoms with Gasteiger partial charge in [0.25, 0.3) is 0 Å². The molecule has 3 amide bonds. The number of Topliss-reactive ketones (excluding diaryl/α,β-unsaturated/α-hetero) is 1. The van der Waals surface area contributed by atoms with E-state index in [-0.39, 0.29) is 37.3 Å². The van der Waals surface area contributed by atoms with Crippen molar-refractivity contribution < 1.29 is 37.1 Å². The van der Waals surface area contributed by atoms with E-state index < -0.39 is 53.8 Å². The summed E-state index contributed by atoms with van der Waals surface area (Å²) in [5.74, 6) is -1.32. The van der Waals surface area contributed by atoms with Gasteiger partial charge in [0.2, 0.25) is 11.8 Å². The van der Waals surface area contributed by atoms with E-state index in [0.29, 0.717) is 0 Å². The van der Waals surface area contributed by atoms with Crippen LogP contribution in [-0.4, -0.2) is 58.2 Å². The zero-order valence-corrected chi connectivity index (χ0v) is 24.4. The number of rotatable bonds is 11. The van der Waals surface area contributed by atoms with Gasteiger partial charge in [0.1, 0.15) is 24.5 Å². The van der Waals surface area contributed by atoms with E-state index in [9.17, 15) is 32.3 Å². The predicted octanol–water partition coefficient (Wildman–Crippen LogP) is 5.55. The number of halogens is 3. The number of alkyl halides is 3. The molecule has 2 aliphatic rings. The molecule has 4 atom stereocenters. The largest absolute Gasteiger partial charge is 0.447 e. The van der Waals surface area contributed by atoms with Crippen LogP contribution in [-0.2, 0) is 31.8 Å². The molecular weight excluding hydrogens is 587 g/mol. The fourth-order valence-electron chi connectivity index (χ4n) is 5.71. The lowest BCUT2D eigenvalue weighted by Gasteiger charge is -2.52. The number of ether oxygens (including phenoxy) is 1. The Balaban J connectivity index is 1.44. The topological polar surface area (TPSA) is 96.0 Å². The number of hydrogen-bond donors (Lipinski definition) is 1. The summed E-state index contributed by atoms with van der Waals surface area (Å²) in [5.41, 5.74) is 0.989. The minimum atomic E-state index is -4.55. The van der Waals surface area contributed by atoms with E-state index in [1.807, 2.05) is 60.7 Å². The summed E-state index contributed by atoms with van der Waals surface area (Å²) in [6.45, 7) is 1.20. The summed E-state index contributed by atoms with van der Waals surface area (Å²) < 4.78 is 45.1. The lowest BCUT2D eigenvalue weighted by Crippen LogP contribution is -2.74. The molecule has 11 heteroatoms. The van der Waals surface area contributed by atoms with Crippen LogP contribution in [0.2, 0.25) is 0 Å². The van der Waals surface area contributed by atoms with E-state index in [1.165, 1.54) is 28.9 Å². The van der Waals surface area contributed by atoms with Crippen LogP contribution in [0.15, 0.2) is 91.0 Å². The molecule has 4 unspecified atom stereocenters. The van der Waals surface area contributed by atoms with Crippen molar-refractivity contribution in [2.45, 2.75) is 56.7 Å². The van der Waals surface area contributed by atoms with E-state index in [4.69, 9.17) is 4.74 Å². The summed E-state index contributed by atoms with van der Waals surface area (Å²) >= 11 is 0. The number of benzene rings is 3. The quantitative estimate of drug-likeness (QED) is 0.284. The average Bonchev–Trinajstić information content (AvgIpc) is 3.40. The molecule has 2 fully saturated rings. The highest BCUT2D eigenvalue weighted by molar-refractivity contribution is 5.98. The monoisotopic (exact) mass is 619 g/mol. The maximum absolute atomic E-state index is 14.0. The predicted molar refractivity (Wildman–Crippen MR) is 159 cm³/mol. The van der Waals surface area contributed by atoms with E-state index in [0.717, 1.165) is 23.3 Å².